The highest BCUT2D eigenvalue weighted by molar-refractivity contribution is 7.89. The largest absolute Gasteiger partial charge is 0.492 e. The van der Waals surface area contributed by atoms with E-state index in [9.17, 15) is 18.0 Å². The van der Waals surface area contributed by atoms with E-state index in [2.05, 4.69) is 10.6 Å². The number of piperidine rings is 1. The summed E-state index contributed by atoms with van der Waals surface area (Å²) in [6, 6.07) is 4.61. The van der Waals surface area contributed by atoms with Crippen molar-refractivity contribution in [3.8, 4) is 5.75 Å². The minimum atomic E-state index is -3.72. The van der Waals surface area contributed by atoms with Crippen LogP contribution < -0.4 is 15.4 Å². The van der Waals surface area contributed by atoms with Gasteiger partial charge in [-0.05, 0) is 50.8 Å². The zero-order chi connectivity index (χ0) is 21.6. The van der Waals surface area contributed by atoms with E-state index in [0.29, 0.717) is 25.4 Å². The summed E-state index contributed by atoms with van der Waals surface area (Å²) in [4.78, 5) is 24.4. The van der Waals surface area contributed by atoms with Crippen molar-refractivity contribution in [1.82, 2.24) is 9.62 Å². The summed E-state index contributed by atoms with van der Waals surface area (Å²) in [5.41, 5.74) is 0.356. The predicted molar refractivity (Wildman–Crippen MR) is 114 cm³/mol. The fourth-order valence-corrected chi connectivity index (χ4v) is 5.69. The Bertz CT molecular complexity index is 859. The molecule has 2 N–H and O–H groups in total. The van der Waals surface area contributed by atoms with Crippen LogP contribution in [0.15, 0.2) is 23.1 Å². The first-order chi connectivity index (χ1) is 14.4. The van der Waals surface area contributed by atoms with E-state index in [1.165, 1.54) is 10.4 Å². The summed E-state index contributed by atoms with van der Waals surface area (Å²) in [5.74, 6) is -0.227. The quantitative estimate of drug-likeness (QED) is 0.650. The molecule has 2 amide bonds. The Morgan fingerprint density at radius 2 is 1.80 bits per heavy atom. The molecule has 0 bridgehead atoms. The Morgan fingerprint density at radius 1 is 1.10 bits per heavy atom. The van der Waals surface area contributed by atoms with Crippen LogP contribution in [0, 0.1) is 5.92 Å². The van der Waals surface area contributed by atoms with E-state index >= 15 is 0 Å². The number of hydrogen-bond donors (Lipinski definition) is 2. The third-order valence-corrected chi connectivity index (χ3v) is 7.53. The Morgan fingerprint density at radius 3 is 2.47 bits per heavy atom. The molecule has 2 aliphatic rings. The van der Waals surface area contributed by atoms with Gasteiger partial charge < -0.3 is 15.4 Å². The highest BCUT2D eigenvalue weighted by atomic mass is 32.2. The van der Waals surface area contributed by atoms with Gasteiger partial charge in [-0.15, -0.1) is 0 Å². The van der Waals surface area contributed by atoms with Gasteiger partial charge in [-0.2, -0.15) is 4.31 Å². The topological polar surface area (TPSA) is 105 Å². The van der Waals surface area contributed by atoms with Crippen molar-refractivity contribution in [1.29, 1.82) is 0 Å². The van der Waals surface area contributed by atoms with E-state index in [0.717, 1.165) is 44.9 Å². The van der Waals surface area contributed by atoms with Gasteiger partial charge in [-0.3, -0.25) is 9.59 Å². The van der Waals surface area contributed by atoms with Gasteiger partial charge in [0.05, 0.1) is 13.2 Å². The van der Waals surface area contributed by atoms with Crippen molar-refractivity contribution >= 4 is 27.5 Å². The Kier molecular flexibility index (Phi) is 7.71. The third kappa shape index (κ3) is 5.51. The van der Waals surface area contributed by atoms with Gasteiger partial charge in [-0.1, -0.05) is 19.3 Å². The van der Waals surface area contributed by atoms with Crippen molar-refractivity contribution < 1.29 is 22.7 Å². The molecule has 1 aliphatic carbocycles. The molecule has 1 saturated carbocycles. The van der Waals surface area contributed by atoms with Gasteiger partial charge in [0.1, 0.15) is 10.6 Å². The number of benzene rings is 1. The number of carbonyl (C=O) groups is 2. The van der Waals surface area contributed by atoms with Crippen LogP contribution in [0.4, 0.5) is 5.69 Å². The number of nitrogens with one attached hydrogen (secondary N) is 2. The fraction of sp³-hybridized carbons (Fsp3) is 0.619. The van der Waals surface area contributed by atoms with Crippen LogP contribution in [0.2, 0.25) is 0 Å². The molecule has 8 nitrogen and oxygen atoms in total. The average Bonchev–Trinajstić information content (AvgIpc) is 3.29. The molecular formula is C21H31N3O5S. The molecule has 1 aromatic carbocycles. The Hall–Kier alpha value is -2.13. The molecule has 0 aromatic heterocycles. The zero-order valence-electron chi connectivity index (χ0n) is 17.5. The predicted octanol–water partition coefficient (Wildman–Crippen LogP) is 2.50. The van der Waals surface area contributed by atoms with E-state index in [-0.39, 0.29) is 29.0 Å². The minimum absolute atomic E-state index is 0.00966. The maximum atomic E-state index is 13.2. The smallest absolute Gasteiger partial charge is 0.246 e. The number of hydrogen-bond acceptors (Lipinski definition) is 5. The molecule has 0 radical (unpaired) electrons. The average molecular weight is 438 g/mol. The van der Waals surface area contributed by atoms with Crippen molar-refractivity contribution in [2.75, 3.05) is 31.6 Å². The van der Waals surface area contributed by atoms with Gasteiger partial charge >= 0.3 is 0 Å². The van der Waals surface area contributed by atoms with Gasteiger partial charge in [0.2, 0.25) is 21.8 Å². The van der Waals surface area contributed by atoms with Gasteiger partial charge in [0, 0.05) is 24.7 Å². The molecule has 0 spiro atoms. The highest BCUT2D eigenvalue weighted by Crippen LogP contribution is 2.31. The molecule has 166 valence electrons. The maximum absolute atomic E-state index is 13.2. The van der Waals surface area contributed by atoms with Crippen LogP contribution in [0.3, 0.4) is 0 Å². The molecule has 3 rings (SSSR count). The molecule has 1 aromatic rings. The van der Waals surface area contributed by atoms with Crippen LogP contribution in [0.25, 0.3) is 0 Å². The lowest BCUT2D eigenvalue weighted by Gasteiger charge is -2.27. The zero-order valence-corrected chi connectivity index (χ0v) is 18.3. The highest BCUT2D eigenvalue weighted by Gasteiger charge is 2.29. The monoisotopic (exact) mass is 437 g/mol. The first-order valence-electron chi connectivity index (χ1n) is 10.8. The molecule has 1 heterocycles. The Balaban J connectivity index is 1.70. The summed E-state index contributed by atoms with van der Waals surface area (Å²) in [6.45, 7) is 2.95. The number of nitrogens with zero attached hydrogens (tertiary/aromatic N) is 1. The van der Waals surface area contributed by atoms with Crippen LogP contribution in [-0.2, 0) is 19.6 Å². The summed E-state index contributed by atoms with van der Waals surface area (Å²) in [5, 5.41) is 5.35. The van der Waals surface area contributed by atoms with E-state index in [4.69, 9.17) is 4.74 Å². The lowest BCUT2D eigenvalue weighted by Crippen LogP contribution is -2.36. The molecule has 9 heteroatoms. The SMILES string of the molecule is CCOc1ccc(NC(=O)CNC(=O)C2CCCC2)cc1S(=O)(=O)N1CCCCC1. The van der Waals surface area contributed by atoms with Crippen molar-refractivity contribution in [2.24, 2.45) is 5.92 Å². The molecule has 30 heavy (non-hydrogen) atoms. The summed E-state index contributed by atoms with van der Waals surface area (Å²) in [7, 11) is -3.72. The van der Waals surface area contributed by atoms with Gasteiger partial charge in [0.15, 0.2) is 0 Å². The fourth-order valence-electron chi connectivity index (χ4n) is 4.01. The molecule has 0 unspecified atom stereocenters. The van der Waals surface area contributed by atoms with Crippen LogP contribution >= 0.6 is 0 Å². The van der Waals surface area contributed by atoms with Crippen molar-refractivity contribution in [3.05, 3.63) is 18.2 Å². The van der Waals surface area contributed by atoms with Gasteiger partial charge in [-0.25, -0.2) is 8.42 Å². The molecular weight excluding hydrogens is 406 g/mol. The van der Waals surface area contributed by atoms with Crippen LogP contribution in [-0.4, -0.2) is 50.8 Å². The van der Waals surface area contributed by atoms with E-state index in [1.807, 2.05) is 0 Å². The molecule has 1 saturated heterocycles. The molecule has 1 aliphatic heterocycles. The lowest BCUT2D eigenvalue weighted by atomic mass is 10.1. The van der Waals surface area contributed by atoms with Crippen LogP contribution in [0.1, 0.15) is 51.9 Å². The second-order valence-corrected chi connectivity index (χ2v) is 9.71. The maximum Gasteiger partial charge on any atom is 0.246 e. The lowest BCUT2D eigenvalue weighted by molar-refractivity contribution is -0.127. The first kappa shape index (κ1) is 22.6. The number of rotatable bonds is 8. The van der Waals surface area contributed by atoms with E-state index in [1.54, 1.807) is 19.1 Å². The standard InChI is InChI=1S/C21H31N3O5S/c1-2-29-18-11-10-17(14-19(18)30(27,28)24-12-6-3-7-13-24)23-20(25)15-22-21(26)16-8-4-5-9-16/h10-11,14,16H,2-9,12-13,15H2,1H3,(H,22,26)(H,23,25). The first-order valence-corrected chi connectivity index (χ1v) is 12.2. The molecule has 2 fully saturated rings. The van der Waals surface area contributed by atoms with E-state index < -0.39 is 15.9 Å². The number of amides is 2. The van der Waals surface area contributed by atoms with Crippen molar-refractivity contribution in [3.63, 3.8) is 0 Å². The number of anilines is 1. The van der Waals surface area contributed by atoms with Gasteiger partial charge in [0.25, 0.3) is 0 Å². The summed E-state index contributed by atoms with van der Waals surface area (Å²) in [6.07, 6.45) is 6.51. The number of ether oxygens (including phenoxy) is 1. The second-order valence-electron chi connectivity index (χ2n) is 7.81. The number of carbonyl (C=O) groups excluding carboxylic acids is 2. The Labute approximate surface area is 178 Å². The summed E-state index contributed by atoms with van der Waals surface area (Å²) < 4.78 is 33.3. The normalized spacial score (nSPS) is 18.2. The second kappa shape index (κ2) is 10.3. The molecule has 0 atom stereocenters. The van der Waals surface area contributed by atoms with Crippen molar-refractivity contribution in [2.45, 2.75) is 56.8 Å². The summed E-state index contributed by atoms with van der Waals surface area (Å²) >= 11 is 0. The third-order valence-electron chi connectivity index (χ3n) is 5.61. The number of sulfonamides is 1. The van der Waals surface area contributed by atoms with Crippen LogP contribution in [0.5, 0.6) is 5.75 Å². The minimum Gasteiger partial charge on any atom is -0.492 e.